The average molecular weight is 374 g/mol. The van der Waals surface area contributed by atoms with E-state index in [1.165, 1.54) is 0 Å². The van der Waals surface area contributed by atoms with Gasteiger partial charge in [0.15, 0.2) is 4.27 Å². The summed E-state index contributed by atoms with van der Waals surface area (Å²) in [6.07, 6.45) is 2.90. The third-order valence-corrected chi connectivity index (χ3v) is 9.72. The number of aryl methyl sites for hydroxylation is 1. The Labute approximate surface area is 147 Å². The number of ether oxygens (including phenoxy) is 1. The third kappa shape index (κ3) is 3.31. The van der Waals surface area contributed by atoms with E-state index in [2.05, 4.69) is 0 Å². The van der Waals surface area contributed by atoms with Crippen molar-refractivity contribution >= 4 is 33.5 Å². The van der Waals surface area contributed by atoms with E-state index in [1.54, 1.807) is 47.1 Å². The van der Waals surface area contributed by atoms with Crippen molar-refractivity contribution in [2.24, 2.45) is 0 Å². The standard InChI is InChI=1S/C16H23NO3S3/c1-13-6-8-14(9-7-13)23(18,19)17-10-3-5-15(17)16(20-2)21-11-4-12-22-16/h6-9,15H,3-5,10-12H2,1-2H3. The zero-order valence-electron chi connectivity index (χ0n) is 13.5. The van der Waals surface area contributed by atoms with Crippen molar-refractivity contribution in [3.63, 3.8) is 0 Å². The zero-order chi connectivity index (χ0) is 16.5. The van der Waals surface area contributed by atoms with Crippen LogP contribution in [0.15, 0.2) is 29.2 Å². The second kappa shape index (κ2) is 6.96. The first-order valence-corrected chi connectivity index (χ1v) is 11.3. The topological polar surface area (TPSA) is 46.6 Å². The number of thioether (sulfide) groups is 2. The van der Waals surface area contributed by atoms with E-state index in [9.17, 15) is 8.42 Å². The summed E-state index contributed by atoms with van der Waals surface area (Å²) in [5.74, 6) is 2.05. The Hall–Kier alpha value is -0.210. The molecule has 4 nitrogen and oxygen atoms in total. The predicted molar refractivity (Wildman–Crippen MR) is 97.4 cm³/mol. The molecule has 23 heavy (non-hydrogen) atoms. The lowest BCUT2D eigenvalue weighted by Crippen LogP contribution is -2.50. The van der Waals surface area contributed by atoms with Crippen molar-refractivity contribution in [3.8, 4) is 0 Å². The summed E-state index contributed by atoms with van der Waals surface area (Å²) < 4.78 is 33.3. The van der Waals surface area contributed by atoms with Crippen LogP contribution in [0.4, 0.5) is 0 Å². The highest BCUT2D eigenvalue weighted by atomic mass is 32.2. The number of hydrogen-bond acceptors (Lipinski definition) is 5. The molecule has 0 aromatic heterocycles. The Morgan fingerprint density at radius 1 is 1.17 bits per heavy atom. The molecule has 7 heteroatoms. The molecule has 2 aliphatic rings. The second-order valence-electron chi connectivity index (χ2n) is 5.94. The maximum atomic E-state index is 13.1. The normalized spacial score (nSPS) is 25.6. The molecule has 128 valence electrons. The Morgan fingerprint density at radius 2 is 1.83 bits per heavy atom. The fourth-order valence-corrected chi connectivity index (χ4v) is 8.32. The van der Waals surface area contributed by atoms with Crippen LogP contribution in [0.3, 0.4) is 0 Å². The average Bonchev–Trinajstić information content (AvgIpc) is 3.07. The molecule has 2 aliphatic heterocycles. The molecule has 0 aliphatic carbocycles. The minimum atomic E-state index is -3.48. The van der Waals surface area contributed by atoms with E-state index < -0.39 is 14.3 Å². The molecule has 1 atom stereocenters. The molecule has 2 fully saturated rings. The lowest BCUT2D eigenvalue weighted by atomic mass is 10.2. The first-order valence-electron chi connectivity index (χ1n) is 7.91. The van der Waals surface area contributed by atoms with E-state index in [1.807, 2.05) is 19.1 Å². The number of sulfonamides is 1. The van der Waals surface area contributed by atoms with Gasteiger partial charge in [-0.2, -0.15) is 4.31 Å². The molecule has 2 saturated heterocycles. The van der Waals surface area contributed by atoms with Gasteiger partial charge in [-0.1, -0.05) is 17.7 Å². The number of rotatable bonds is 4. The molecule has 0 bridgehead atoms. The zero-order valence-corrected chi connectivity index (χ0v) is 16.0. The van der Waals surface area contributed by atoms with E-state index in [4.69, 9.17) is 4.74 Å². The molecular weight excluding hydrogens is 350 g/mol. The molecule has 3 rings (SSSR count). The van der Waals surface area contributed by atoms with Crippen LogP contribution in [0.1, 0.15) is 24.8 Å². The van der Waals surface area contributed by atoms with Gasteiger partial charge >= 0.3 is 0 Å². The SMILES string of the molecule is COC1(C2CCCN2S(=O)(=O)c2ccc(C)cc2)SCCCS1. The van der Waals surface area contributed by atoms with Gasteiger partial charge in [-0.25, -0.2) is 8.42 Å². The molecule has 1 unspecified atom stereocenters. The van der Waals surface area contributed by atoms with Crippen LogP contribution in [0, 0.1) is 6.92 Å². The largest absolute Gasteiger partial charge is 0.356 e. The number of hydrogen-bond donors (Lipinski definition) is 0. The summed E-state index contributed by atoms with van der Waals surface area (Å²) >= 11 is 3.52. The predicted octanol–water partition coefficient (Wildman–Crippen LogP) is 3.32. The lowest BCUT2D eigenvalue weighted by molar-refractivity contribution is 0.0934. The smallest absolute Gasteiger partial charge is 0.243 e. The Balaban J connectivity index is 1.92. The highest BCUT2D eigenvalue weighted by Crippen LogP contribution is 2.50. The van der Waals surface area contributed by atoms with Gasteiger partial charge in [-0.3, -0.25) is 0 Å². The van der Waals surface area contributed by atoms with E-state index in [-0.39, 0.29) is 6.04 Å². The molecule has 2 heterocycles. The summed E-state index contributed by atoms with van der Waals surface area (Å²) in [7, 11) is -1.77. The van der Waals surface area contributed by atoms with Crippen LogP contribution in [0.5, 0.6) is 0 Å². The number of benzene rings is 1. The van der Waals surface area contributed by atoms with E-state index in [0.29, 0.717) is 11.4 Å². The van der Waals surface area contributed by atoms with Crippen LogP contribution in [0.2, 0.25) is 0 Å². The Morgan fingerprint density at radius 3 is 2.43 bits per heavy atom. The number of nitrogens with zero attached hydrogens (tertiary/aromatic N) is 1. The summed E-state index contributed by atoms with van der Waals surface area (Å²) in [5.41, 5.74) is 1.06. The van der Waals surface area contributed by atoms with Crippen LogP contribution in [-0.4, -0.2) is 48.2 Å². The summed E-state index contributed by atoms with van der Waals surface area (Å²) in [6.45, 7) is 2.54. The van der Waals surface area contributed by atoms with Crippen LogP contribution >= 0.6 is 23.5 Å². The van der Waals surface area contributed by atoms with Gasteiger partial charge < -0.3 is 4.74 Å². The van der Waals surface area contributed by atoms with Gasteiger partial charge in [0, 0.05) is 13.7 Å². The van der Waals surface area contributed by atoms with Crippen molar-refractivity contribution in [1.29, 1.82) is 0 Å². The fraction of sp³-hybridized carbons (Fsp3) is 0.625. The van der Waals surface area contributed by atoms with Gasteiger partial charge in [-0.05, 0) is 49.8 Å². The molecule has 0 spiro atoms. The summed E-state index contributed by atoms with van der Waals surface area (Å²) in [4.78, 5) is 0.382. The van der Waals surface area contributed by atoms with Crippen LogP contribution in [0.25, 0.3) is 0 Å². The first-order chi connectivity index (χ1) is 11.0. The van der Waals surface area contributed by atoms with Crippen molar-refractivity contribution in [2.75, 3.05) is 25.2 Å². The van der Waals surface area contributed by atoms with E-state index >= 15 is 0 Å². The number of methoxy groups -OCH3 is 1. The van der Waals surface area contributed by atoms with Crippen molar-refractivity contribution in [1.82, 2.24) is 4.31 Å². The van der Waals surface area contributed by atoms with Gasteiger partial charge in [0.2, 0.25) is 10.0 Å². The van der Waals surface area contributed by atoms with Crippen molar-refractivity contribution in [3.05, 3.63) is 29.8 Å². The van der Waals surface area contributed by atoms with Crippen molar-refractivity contribution < 1.29 is 13.2 Å². The summed E-state index contributed by atoms with van der Waals surface area (Å²) in [5, 5.41) is 0. The Kier molecular flexibility index (Phi) is 5.33. The van der Waals surface area contributed by atoms with Gasteiger partial charge in [0.1, 0.15) is 0 Å². The highest BCUT2D eigenvalue weighted by Gasteiger charge is 2.50. The molecule has 0 saturated carbocycles. The molecule has 0 amide bonds. The quantitative estimate of drug-likeness (QED) is 0.810. The molecule has 1 aromatic carbocycles. The molecule has 1 aromatic rings. The van der Waals surface area contributed by atoms with Gasteiger partial charge in [0.25, 0.3) is 0 Å². The van der Waals surface area contributed by atoms with Gasteiger partial charge in [0.05, 0.1) is 10.9 Å². The van der Waals surface area contributed by atoms with Crippen molar-refractivity contribution in [2.45, 2.75) is 41.4 Å². The third-order valence-electron chi connectivity index (χ3n) is 4.42. The van der Waals surface area contributed by atoms with Crippen LogP contribution < -0.4 is 0 Å². The monoisotopic (exact) mass is 373 g/mol. The summed E-state index contributed by atoms with van der Waals surface area (Å²) in [6, 6.07) is 7.03. The highest BCUT2D eigenvalue weighted by molar-refractivity contribution is 8.18. The van der Waals surface area contributed by atoms with Gasteiger partial charge in [-0.15, -0.1) is 23.5 Å². The Bertz CT molecular complexity index is 639. The van der Waals surface area contributed by atoms with E-state index in [0.717, 1.165) is 36.3 Å². The first kappa shape index (κ1) is 17.6. The van der Waals surface area contributed by atoms with Crippen LogP contribution in [-0.2, 0) is 14.8 Å². The maximum absolute atomic E-state index is 13.1. The lowest BCUT2D eigenvalue weighted by Gasteiger charge is -2.42. The second-order valence-corrected chi connectivity index (χ2v) is 10.7. The minimum absolute atomic E-state index is 0.103. The molecule has 0 radical (unpaired) electrons. The maximum Gasteiger partial charge on any atom is 0.243 e. The molecule has 0 N–H and O–H groups in total. The minimum Gasteiger partial charge on any atom is -0.356 e. The molecular formula is C16H23NO3S3. The fourth-order valence-electron chi connectivity index (χ4n) is 3.20.